The lowest BCUT2D eigenvalue weighted by Gasteiger charge is -2.10. The number of aromatic nitrogens is 1. The molecule has 7 heteroatoms. The zero-order valence-electron chi connectivity index (χ0n) is 16.0. The number of amides is 1. The summed E-state index contributed by atoms with van der Waals surface area (Å²) in [6.45, 7) is 0. The number of nitrogens with one attached hydrogen (secondary N) is 1. The van der Waals surface area contributed by atoms with Crippen molar-refractivity contribution in [1.82, 2.24) is 4.57 Å². The van der Waals surface area contributed by atoms with Crippen molar-refractivity contribution in [3.8, 4) is 16.8 Å². The summed E-state index contributed by atoms with van der Waals surface area (Å²) >= 11 is 1.28. The molecule has 0 radical (unpaired) electrons. The Labute approximate surface area is 176 Å². The molecule has 0 aliphatic carbocycles. The third-order valence-corrected chi connectivity index (χ3v) is 5.50. The molecule has 5 nitrogen and oxygen atoms in total. The van der Waals surface area contributed by atoms with Gasteiger partial charge in [0.15, 0.2) is 0 Å². The van der Waals surface area contributed by atoms with Crippen molar-refractivity contribution in [1.29, 1.82) is 0 Å². The fraction of sp³-hybridized carbons (Fsp3) is 0.0435. The molecule has 0 fully saturated rings. The highest BCUT2D eigenvalue weighted by Gasteiger charge is 2.21. The van der Waals surface area contributed by atoms with Gasteiger partial charge < -0.3 is 14.6 Å². The van der Waals surface area contributed by atoms with Gasteiger partial charge in [0, 0.05) is 29.0 Å². The van der Waals surface area contributed by atoms with Crippen molar-refractivity contribution < 1.29 is 18.7 Å². The van der Waals surface area contributed by atoms with Crippen molar-refractivity contribution in [2.45, 2.75) is 0 Å². The lowest BCUT2D eigenvalue weighted by Crippen LogP contribution is -2.13. The molecule has 1 amide bonds. The van der Waals surface area contributed by atoms with Crippen LogP contribution in [0.25, 0.3) is 16.8 Å². The molecule has 0 atom stereocenters. The third kappa shape index (κ3) is 3.88. The van der Waals surface area contributed by atoms with E-state index in [0.29, 0.717) is 27.4 Å². The highest BCUT2D eigenvalue weighted by atomic mass is 32.1. The molecule has 4 aromatic rings. The Morgan fingerprint density at radius 1 is 1.03 bits per heavy atom. The predicted molar refractivity (Wildman–Crippen MR) is 115 cm³/mol. The Bertz CT molecular complexity index is 1200. The number of methoxy groups -OCH3 is 1. The summed E-state index contributed by atoms with van der Waals surface area (Å²) < 4.78 is 20.3. The van der Waals surface area contributed by atoms with Crippen LogP contribution in [-0.4, -0.2) is 23.6 Å². The Morgan fingerprint density at radius 3 is 2.43 bits per heavy atom. The Morgan fingerprint density at radius 2 is 1.77 bits per heavy atom. The average Bonchev–Trinajstić information content (AvgIpc) is 3.43. The van der Waals surface area contributed by atoms with E-state index in [0.717, 1.165) is 5.56 Å². The summed E-state index contributed by atoms with van der Waals surface area (Å²) in [4.78, 5) is 25.1. The average molecular weight is 420 g/mol. The number of hydrogen-bond acceptors (Lipinski definition) is 4. The fourth-order valence-corrected chi connectivity index (χ4v) is 4.08. The van der Waals surface area contributed by atoms with E-state index in [2.05, 4.69) is 10.1 Å². The first-order valence-corrected chi connectivity index (χ1v) is 9.95. The van der Waals surface area contributed by atoms with Crippen molar-refractivity contribution in [2.75, 3.05) is 12.4 Å². The van der Waals surface area contributed by atoms with Gasteiger partial charge >= 0.3 is 5.97 Å². The number of benzene rings is 2. The quantitative estimate of drug-likeness (QED) is 0.441. The monoisotopic (exact) mass is 420 g/mol. The van der Waals surface area contributed by atoms with E-state index in [1.54, 1.807) is 30.3 Å². The smallest absolute Gasteiger partial charge is 0.337 e. The van der Waals surface area contributed by atoms with E-state index < -0.39 is 5.97 Å². The van der Waals surface area contributed by atoms with Crippen LogP contribution < -0.4 is 5.32 Å². The number of ether oxygens (including phenoxy) is 1. The molecule has 1 N–H and O–H groups in total. The number of carbonyl (C=O) groups excluding carboxylic acids is 2. The normalized spacial score (nSPS) is 10.6. The Kier molecular flexibility index (Phi) is 5.45. The maximum absolute atomic E-state index is 13.8. The number of anilines is 1. The van der Waals surface area contributed by atoms with E-state index in [9.17, 15) is 14.0 Å². The molecule has 0 saturated heterocycles. The summed E-state index contributed by atoms with van der Waals surface area (Å²) in [6.07, 6.45) is 3.68. The Balaban J connectivity index is 1.68. The lowest BCUT2D eigenvalue weighted by molar-refractivity contribution is 0.0600. The first kappa shape index (κ1) is 19.6. The van der Waals surface area contributed by atoms with Crippen LogP contribution in [-0.2, 0) is 4.74 Å². The van der Waals surface area contributed by atoms with Gasteiger partial charge in [-0.1, -0.05) is 12.1 Å². The minimum atomic E-state index is -0.444. The van der Waals surface area contributed by atoms with Crippen LogP contribution in [0.1, 0.15) is 20.0 Å². The summed E-state index contributed by atoms with van der Waals surface area (Å²) in [6, 6.07) is 16.5. The largest absolute Gasteiger partial charge is 0.465 e. The van der Waals surface area contributed by atoms with Crippen molar-refractivity contribution >= 4 is 28.9 Å². The van der Waals surface area contributed by atoms with E-state index in [-0.39, 0.29) is 11.7 Å². The number of rotatable bonds is 5. The van der Waals surface area contributed by atoms with Crippen molar-refractivity contribution in [3.63, 3.8) is 0 Å². The molecule has 0 saturated carbocycles. The van der Waals surface area contributed by atoms with Crippen LogP contribution in [0.5, 0.6) is 0 Å². The number of thiophene rings is 1. The molecule has 0 aliphatic heterocycles. The molecule has 2 aromatic heterocycles. The summed E-state index contributed by atoms with van der Waals surface area (Å²) in [7, 11) is 1.31. The number of hydrogen-bond donors (Lipinski definition) is 1. The second-order valence-electron chi connectivity index (χ2n) is 6.45. The lowest BCUT2D eigenvalue weighted by atomic mass is 10.1. The van der Waals surface area contributed by atoms with Gasteiger partial charge in [0.25, 0.3) is 5.91 Å². The zero-order valence-corrected chi connectivity index (χ0v) is 16.8. The van der Waals surface area contributed by atoms with Gasteiger partial charge in [-0.2, -0.15) is 0 Å². The van der Waals surface area contributed by atoms with Crippen molar-refractivity contribution in [3.05, 3.63) is 94.7 Å². The maximum atomic E-state index is 13.8. The first-order valence-electron chi connectivity index (χ1n) is 9.07. The number of nitrogens with zero attached hydrogens (tertiary/aromatic N) is 1. The molecular weight excluding hydrogens is 403 g/mol. The van der Waals surface area contributed by atoms with Crippen molar-refractivity contribution in [2.24, 2.45) is 0 Å². The van der Waals surface area contributed by atoms with Gasteiger partial charge in [-0.3, -0.25) is 4.79 Å². The zero-order chi connectivity index (χ0) is 21.1. The fourth-order valence-electron chi connectivity index (χ4n) is 3.11. The maximum Gasteiger partial charge on any atom is 0.337 e. The van der Waals surface area contributed by atoms with Crippen LogP contribution in [0.15, 0.2) is 78.4 Å². The highest BCUT2D eigenvalue weighted by Crippen LogP contribution is 2.35. The molecule has 0 bridgehead atoms. The van der Waals surface area contributed by atoms with E-state index in [4.69, 9.17) is 0 Å². The standard InChI is InChI=1S/C23H17FN2O3S/c1-29-23(28)15-7-9-18(10-8-15)25-22(27)21-20(26-11-2-3-12-26)19(14-30-21)16-5-4-6-17(24)13-16/h2-14H,1H3,(H,25,27). The van der Waals surface area contributed by atoms with Gasteiger partial charge in [0.05, 0.1) is 18.4 Å². The van der Waals surface area contributed by atoms with Crippen LogP contribution in [0.4, 0.5) is 10.1 Å². The molecular formula is C23H17FN2O3S. The van der Waals surface area contributed by atoms with E-state index in [1.807, 2.05) is 40.5 Å². The molecule has 0 unspecified atom stereocenters. The molecule has 30 heavy (non-hydrogen) atoms. The van der Waals surface area contributed by atoms with Gasteiger partial charge in [0.1, 0.15) is 10.7 Å². The number of carbonyl (C=O) groups is 2. The third-order valence-electron chi connectivity index (χ3n) is 4.53. The summed E-state index contributed by atoms with van der Waals surface area (Å²) in [5.74, 6) is -1.08. The van der Waals surface area contributed by atoms with Gasteiger partial charge in [-0.05, 0) is 54.1 Å². The van der Waals surface area contributed by atoms with Gasteiger partial charge in [0.2, 0.25) is 0 Å². The summed E-state index contributed by atoms with van der Waals surface area (Å²) in [5, 5.41) is 4.70. The van der Waals surface area contributed by atoms with Gasteiger partial charge in [-0.15, -0.1) is 11.3 Å². The van der Waals surface area contributed by atoms with Crippen LogP contribution in [0.3, 0.4) is 0 Å². The molecule has 150 valence electrons. The highest BCUT2D eigenvalue weighted by molar-refractivity contribution is 7.13. The number of halogens is 1. The molecule has 4 rings (SSSR count). The first-order chi connectivity index (χ1) is 14.6. The number of esters is 1. The second kappa shape index (κ2) is 8.34. The van der Waals surface area contributed by atoms with Gasteiger partial charge in [-0.25, -0.2) is 9.18 Å². The van der Waals surface area contributed by atoms with E-state index in [1.165, 1.54) is 30.6 Å². The molecule has 2 aromatic carbocycles. The molecule has 2 heterocycles. The summed E-state index contributed by atoms with van der Waals surface area (Å²) in [5.41, 5.74) is 3.08. The predicted octanol–water partition coefficient (Wildman–Crippen LogP) is 5.38. The SMILES string of the molecule is COC(=O)c1ccc(NC(=O)c2scc(-c3cccc(F)c3)c2-n2cccc2)cc1. The minimum absolute atomic E-state index is 0.294. The molecule has 0 aliphatic rings. The second-order valence-corrected chi connectivity index (χ2v) is 7.33. The topological polar surface area (TPSA) is 60.3 Å². The molecule has 0 spiro atoms. The Hall–Kier alpha value is -3.71. The van der Waals surface area contributed by atoms with E-state index >= 15 is 0 Å². The van der Waals surface area contributed by atoms with Crippen LogP contribution in [0.2, 0.25) is 0 Å². The minimum Gasteiger partial charge on any atom is -0.465 e. The van der Waals surface area contributed by atoms with Crippen LogP contribution in [0, 0.1) is 5.82 Å². The van der Waals surface area contributed by atoms with Crippen LogP contribution >= 0.6 is 11.3 Å².